The summed E-state index contributed by atoms with van der Waals surface area (Å²) in [5, 5.41) is 0. The van der Waals surface area contributed by atoms with E-state index < -0.39 is 0 Å². The zero-order valence-corrected chi connectivity index (χ0v) is 12.9. The van der Waals surface area contributed by atoms with Crippen molar-refractivity contribution in [3.63, 3.8) is 0 Å². The SMILES string of the molecule is C=C(CCCCCC)C(C)c1ccc(OC(C)=O)cc1. The molecule has 0 bridgehead atoms. The second-order valence-corrected chi connectivity index (χ2v) is 5.35. The Morgan fingerprint density at radius 1 is 1.20 bits per heavy atom. The van der Waals surface area contributed by atoms with Gasteiger partial charge in [-0.15, -0.1) is 0 Å². The Labute approximate surface area is 122 Å². The van der Waals surface area contributed by atoms with Crippen LogP contribution in [0.2, 0.25) is 0 Å². The second-order valence-electron chi connectivity index (χ2n) is 5.35. The largest absolute Gasteiger partial charge is 0.427 e. The van der Waals surface area contributed by atoms with E-state index in [4.69, 9.17) is 4.74 Å². The fourth-order valence-electron chi connectivity index (χ4n) is 2.22. The average Bonchev–Trinajstić information content (AvgIpc) is 2.43. The molecule has 0 amide bonds. The van der Waals surface area contributed by atoms with Crippen LogP contribution in [0, 0.1) is 0 Å². The highest BCUT2D eigenvalue weighted by Gasteiger charge is 2.09. The summed E-state index contributed by atoms with van der Waals surface area (Å²) in [5.41, 5.74) is 2.50. The molecule has 20 heavy (non-hydrogen) atoms. The normalized spacial score (nSPS) is 11.9. The minimum Gasteiger partial charge on any atom is -0.427 e. The van der Waals surface area contributed by atoms with Crippen LogP contribution in [0.25, 0.3) is 0 Å². The molecule has 0 saturated heterocycles. The molecule has 1 unspecified atom stereocenters. The molecule has 1 aromatic carbocycles. The minimum atomic E-state index is -0.286. The van der Waals surface area contributed by atoms with Gasteiger partial charge in [0.25, 0.3) is 0 Å². The molecule has 0 aliphatic heterocycles. The van der Waals surface area contributed by atoms with Gasteiger partial charge in [0.05, 0.1) is 0 Å². The number of hydrogen-bond acceptors (Lipinski definition) is 2. The van der Waals surface area contributed by atoms with Gasteiger partial charge in [0, 0.05) is 12.8 Å². The fourth-order valence-corrected chi connectivity index (χ4v) is 2.22. The van der Waals surface area contributed by atoms with Gasteiger partial charge in [-0.2, -0.15) is 0 Å². The van der Waals surface area contributed by atoms with Crippen LogP contribution in [-0.4, -0.2) is 5.97 Å². The summed E-state index contributed by atoms with van der Waals surface area (Å²) in [7, 11) is 0. The van der Waals surface area contributed by atoms with Crippen LogP contribution < -0.4 is 4.74 Å². The van der Waals surface area contributed by atoms with E-state index in [1.165, 1.54) is 43.7 Å². The topological polar surface area (TPSA) is 26.3 Å². The Kier molecular flexibility index (Phi) is 7.06. The maximum Gasteiger partial charge on any atom is 0.308 e. The van der Waals surface area contributed by atoms with Crippen molar-refractivity contribution in [3.8, 4) is 5.75 Å². The van der Waals surface area contributed by atoms with Crippen molar-refractivity contribution in [2.24, 2.45) is 0 Å². The van der Waals surface area contributed by atoms with Crippen LogP contribution in [0.15, 0.2) is 36.4 Å². The lowest BCUT2D eigenvalue weighted by Gasteiger charge is -2.15. The van der Waals surface area contributed by atoms with E-state index in [-0.39, 0.29) is 5.97 Å². The van der Waals surface area contributed by atoms with Crippen molar-refractivity contribution in [1.29, 1.82) is 0 Å². The van der Waals surface area contributed by atoms with Gasteiger partial charge >= 0.3 is 5.97 Å². The molecule has 0 spiro atoms. The third-order valence-corrected chi connectivity index (χ3v) is 3.61. The Hall–Kier alpha value is -1.57. The standard InChI is InChI=1S/C18H26O2/c1-5-6-7-8-9-14(2)15(3)17-10-12-18(13-11-17)20-16(4)19/h10-13,15H,2,5-9H2,1,3-4H3. The van der Waals surface area contributed by atoms with Crippen LogP contribution in [0.5, 0.6) is 5.75 Å². The summed E-state index contributed by atoms with van der Waals surface area (Å²) in [6.07, 6.45) is 6.17. The number of hydrogen-bond donors (Lipinski definition) is 0. The number of ether oxygens (including phenoxy) is 1. The first kappa shape index (κ1) is 16.5. The molecule has 0 N–H and O–H groups in total. The Balaban J connectivity index is 2.51. The summed E-state index contributed by atoms with van der Waals surface area (Å²) < 4.78 is 5.04. The molecule has 2 nitrogen and oxygen atoms in total. The minimum absolute atomic E-state index is 0.286. The maximum absolute atomic E-state index is 10.9. The zero-order valence-electron chi connectivity index (χ0n) is 12.9. The van der Waals surface area contributed by atoms with E-state index in [1.807, 2.05) is 24.3 Å². The lowest BCUT2D eigenvalue weighted by atomic mass is 9.90. The summed E-state index contributed by atoms with van der Waals surface area (Å²) in [5.74, 6) is 0.663. The van der Waals surface area contributed by atoms with E-state index in [0.717, 1.165) is 6.42 Å². The van der Waals surface area contributed by atoms with Crippen molar-refractivity contribution in [2.45, 2.75) is 58.8 Å². The lowest BCUT2D eigenvalue weighted by Crippen LogP contribution is -2.02. The first-order chi connectivity index (χ1) is 9.54. The molecule has 110 valence electrons. The van der Waals surface area contributed by atoms with E-state index in [2.05, 4.69) is 20.4 Å². The number of allylic oxidation sites excluding steroid dienone is 1. The van der Waals surface area contributed by atoms with Gasteiger partial charge in [0.15, 0.2) is 0 Å². The Bertz CT molecular complexity index is 431. The first-order valence-corrected chi connectivity index (χ1v) is 7.50. The smallest absolute Gasteiger partial charge is 0.308 e. The number of rotatable bonds is 8. The quantitative estimate of drug-likeness (QED) is 0.280. The van der Waals surface area contributed by atoms with E-state index >= 15 is 0 Å². The molecule has 0 aliphatic carbocycles. The average molecular weight is 274 g/mol. The van der Waals surface area contributed by atoms with Crippen molar-refractivity contribution in [3.05, 3.63) is 42.0 Å². The number of benzene rings is 1. The second kappa shape index (κ2) is 8.57. The summed E-state index contributed by atoms with van der Waals surface area (Å²) in [4.78, 5) is 10.9. The molecule has 0 fully saturated rings. The van der Waals surface area contributed by atoms with E-state index in [9.17, 15) is 4.79 Å². The predicted octanol–water partition coefficient (Wildman–Crippen LogP) is 5.24. The summed E-state index contributed by atoms with van der Waals surface area (Å²) >= 11 is 0. The van der Waals surface area contributed by atoms with Gasteiger partial charge in [-0.25, -0.2) is 0 Å². The van der Waals surface area contributed by atoms with Crippen molar-refractivity contribution < 1.29 is 9.53 Å². The molecule has 2 heteroatoms. The van der Waals surface area contributed by atoms with Crippen LogP contribution in [0.1, 0.15) is 64.4 Å². The molecule has 0 radical (unpaired) electrons. The van der Waals surface area contributed by atoms with Crippen molar-refractivity contribution >= 4 is 5.97 Å². The molecular formula is C18H26O2. The highest BCUT2D eigenvalue weighted by molar-refractivity contribution is 5.69. The number of unbranched alkanes of at least 4 members (excludes halogenated alkanes) is 3. The Morgan fingerprint density at radius 2 is 1.85 bits per heavy atom. The van der Waals surface area contributed by atoms with Crippen LogP contribution in [0.3, 0.4) is 0 Å². The predicted molar refractivity (Wildman–Crippen MR) is 84.1 cm³/mol. The van der Waals surface area contributed by atoms with E-state index in [0.29, 0.717) is 11.7 Å². The summed E-state index contributed by atoms with van der Waals surface area (Å²) in [6.45, 7) is 10.0. The highest BCUT2D eigenvalue weighted by atomic mass is 16.5. The van der Waals surface area contributed by atoms with Gasteiger partial charge in [-0.3, -0.25) is 4.79 Å². The molecule has 0 aliphatic rings. The van der Waals surface area contributed by atoms with Crippen molar-refractivity contribution in [2.75, 3.05) is 0 Å². The van der Waals surface area contributed by atoms with Gasteiger partial charge in [-0.05, 0) is 30.5 Å². The highest BCUT2D eigenvalue weighted by Crippen LogP contribution is 2.27. The van der Waals surface area contributed by atoms with Crippen LogP contribution >= 0.6 is 0 Å². The molecule has 0 saturated carbocycles. The van der Waals surface area contributed by atoms with E-state index in [1.54, 1.807) is 0 Å². The molecule has 1 atom stereocenters. The third kappa shape index (κ3) is 5.60. The van der Waals surface area contributed by atoms with Gasteiger partial charge in [-0.1, -0.05) is 57.4 Å². The lowest BCUT2D eigenvalue weighted by molar-refractivity contribution is -0.131. The van der Waals surface area contributed by atoms with Gasteiger partial charge in [0.1, 0.15) is 5.75 Å². The summed E-state index contributed by atoms with van der Waals surface area (Å²) in [6, 6.07) is 7.72. The van der Waals surface area contributed by atoms with Crippen molar-refractivity contribution in [1.82, 2.24) is 0 Å². The first-order valence-electron chi connectivity index (χ1n) is 7.50. The van der Waals surface area contributed by atoms with Crippen LogP contribution in [-0.2, 0) is 4.79 Å². The molecule has 1 aromatic rings. The Morgan fingerprint density at radius 3 is 2.40 bits per heavy atom. The molecule has 1 rings (SSSR count). The molecular weight excluding hydrogens is 248 g/mol. The van der Waals surface area contributed by atoms with Gasteiger partial charge < -0.3 is 4.74 Å². The fraction of sp³-hybridized carbons (Fsp3) is 0.500. The molecule has 0 aromatic heterocycles. The monoisotopic (exact) mass is 274 g/mol. The number of carbonyl (C=O) groups excluding carboxylic acids is 1. The zero-order chi connectivity index (χ0) is 15.0. The maximum atomic E-state index is 10.9. The number of esters is 1. The number of carbonyl (C=O) groups is 1. The van der Waals surface area contributed by atoms with Crippen LogP contribution in [0.4, 0.5) is 0 Å². The molecule has 0 heterocycles. The third-order valence-electron chi connectivity index (χ3n) is 3.61. The van der Waals surface area contributed by atoms with Gasteiger partial charge in [0.2, 0.25) is 0 Å².